The number of carbonyl (C=O) groups is 1. The molecule has 1 fully saturated rings. The fraction of sp³-hybridized carbons (Fsp3) is 0.273. The van der Waals surface area contributed by atoms with Gasteiger partial charge in [0.05, 0.1) is 17.3 Å². The molecule has 0 bridgehead atoms. The summed E-state index contributed by atoms with van der Waals surface area (Å²) in [5, 5.41) is 15.0. The summed E-state index contributed by atoms with van der Waals surface area (Å²) in [5.41, 5.74) is 1.33. The second-order valence-corrected chi connectivity index (χ2v) is 4.48. The number of nitrogens with one attached hydrogen (secondary N) is 2. The van der Waals surface area contributed by atoms with E-state index < -0.39 is 0 Å². The molecule has 5 heteroatoms. The van der Waals surface area contributed by atoms with Gasteiger partial charge < -0.3 is 10.6 Å². The molecule has 0 saturated carbocycles. The maximum Gasteiger partial charge on any atom is 0.222 e. The standard InChI is InChI=1S/C11H10BrN3O/c12-9-2-1-3-10(8(9)5-13)15-7-4-11(16)14-6-7/h1-3,7,15H,4,6H2,(H,14,16). The Bertz CT molecular complexity index is 467. The Morgan fingerprint density at radius 3 is 3.00 bits per heavy atom. The Morgan fingerprint density at radius 2 is 2.38 bits per heavy atom. The zero-order valence-electron chi connectivity index (χ0n) is 8.46. The minimum atomic E-state index is 0.0472. The molecule has 1 amide bonds. The normalized spacial score (nSPS) is 19.0. The first-order chi connectivity index (χ1) is 7.70. The van der Waals surface area contributed by atoms with Gasteiger partial charge in [0.2, 0.25) is 5.91 Å². The third kappa shape index (κ3) is 2.17. The summed E-state index contributed by atoms with van der Waals surface area (Å²) in [5.74, 6) is 0.0472. The van der Waals surface area contributed by atoms with Crippen molar-refractivity contribution >= 4 is 27.5 Å². The molecule has 82 valence electrons. The van der Waals surface area contributed by atoms with Crippen LogP contribution in [0.5, 0.6) is 0 Å². The zero-order chi connectivity index (χ0) is 11.5. The molecule has 1 heterocycles. The fourth-order valence-corrected chi connectivity index (χ4v) is 2.14. The summed E-state index contributed by atoms with van der Waals surface area (Å²) in [6, 6.07) is 7.72. The van der Waals surface area contributed by atoms with Gasteiger partial charge in [0.1, 0.15) is 6.07 Å². The topological polar surface area (TPSA) is 64.9 Å². The lowest BCUT2D eigenvalue weighted by Gasteiger charge is -2.13. The van der Waals surface area contributed by atoms with Crippen LogP contribution >= 0.6 is 15.9 Å². The lowest BCUT2D eigenvalue weighted by molar-refractivity contribution is -0.119. The van der Waals surface area contributed by atoms with Crippen molar-refractivity contribution in [3.05, 3.63) is 28.2 Å². The Labute approximate surface area is 102 Å². The molecular formula is C11H10BrN3O. The van der Waals surface area contributed by atoms with Gasteiger partial charge in [-0.2, -0.15) is 5.26 Å². The first kappa shape index (κ1) is 11.0. The minimum Gasteiger partial charge on any atom is -0.379 e. The van der Waals surface area contributed by atoms with Crippen molar-refractivity contribution in [3.63, 3.8) is 0 Å². The quantitative estimate of drug-likeness (QED) is 0.865. The Hall–Kier alpha value is -1.54. The number of nitriles is 1. The van der Waals surface area contributed by atoms with Gasteiger partial charge in [0, 0.05) is 17.4 Å². The molecule has 1 unspecified atom stereocenters. The van der Waals surface area contributed by atoms with Gasteiger partial charge in [-0.25, -0.2) is 0 Å². The van der Waals surface area contributed by atoms with E-state index in [4.69, 9.17) is 5.26 Å². The highest BCUT2D eigenvalue weighted by Gasteiger charge is 2.22. The molecule has 1 aliphatic rings. The molecule has 1 aromatic carbocycles. The lowest BCUT2D eigenvalue weighted by atomic mass is 10.1. The molecule has 1 aromatic rings. The van der Waals surface area contributed by atoms with Crippen molar-refractivity contribution in [2.75, 3.05) is 11.9 Å². The van der Waals surface area contributed by atoms with E-state index in [0.29, 0.717) is 18.5 Å². The van der Waals surface area contributed by atoms with Crippen LogP contribution in [0.3, 0.4) is 0 Å². The van der Waals surface area contributed by atoms with Crippen LogP contribution in [0.1, 0.15) is 12.0 Å². The van der Waals surface area contributed by atoms with Crippen molar-refractivity contribution < 1.29 is 4.79 Å². The molecule has 1 aliphatic heterocycles. The smallest absolute Gasteiger partial charge is 0.222 e. The molecule has 0 spiro atoms. The number of anilines is 1. The number of nitrogens with zero attached hydrogens (tertiary/aromatic N) is 1. The van der Waals surface area contributed by atoms with Gasteiger partial charge in [-0.1, -0.05) is 6.07 Å². The molecule has 16 heavy (non-hydrogen) atoms. The van der Waals surface area contributed by atoms with E-state index in [1.807, 2.05) is 18.2 Å². The summed E-state index contributed by atoms with van der Waals surface area (Å²) >= 11 is 3.32. The Morgan fingerprint density at radius 1 is 1.56 bits per heavy atom. The zero-order valence-corrected chi connectivity index (χ0v) is 10.0. The van der Waals surface area contributed by atoms with E-state index >= 15 is 0 Å². The number of hydrogen-bond acceptors (Lipinski definition) is 3. The number of carbonyl (C=O) groups excluding carboxylic acids is 1. The number of amides is 1. The van der Waals surface area contributed by atoms with Gasteiger partial charge in [0.25, 0.3) is 0 Å². The average molecular weight is 280 g/mol. The van der Waals surface area contributed by atoms with Crippen molar-refractivity contribution in [1.82, 2.24) is 5.32 Å². The molecule has 1 atom stereocenters. The van der Waals surface area contributed by atoms with E-state index in [9.17, 15) is 4.79 Å². The summed E-state index contributed by atoms with van der Waals surface area (Å²) in [4.78, 5) is 11.0. The van der Waals surface area contributed by atoms with Crippen molar-refractivity contribution in [2.45, 2.75) is 12.5 Å². The molecule has 2 rings (SSSR count). The Balaban J connectivity index is 2.19. The van der Waals surface area contributed by atoms with Gasteiger partial charge in [-0.3, -0.25) is 4.79 Å². The summed E-state index contributed by atoms with van der Waals surface area (Å²) in [6.07, 6.45) is 0.456. The van der Waals surface area contributed by atoms with Crippen molar-refractivity contribution in [1.29, 1.82) is 5.26 Å². The van der Waals surface area contributed by atoms with E-state index in [2.05, 4.69) is 32.6 Å². The molecule has 0 aromatic heterocycles. The minimum absolute atomic E-state index is 0.0472. The van der Waals surface area contributed by atoms with Crippen LogP contribution in [-0.2, 0) is 4.79 Å². The van der Waals surface area contributed by atoms with Crippen LogP contribution in [0.15, 0.2) is 22.7 Å². The highest BCUT2D eigenvalue weighted by Crippen LogP contribution is 2.25. The number of halogens is 1. The first-order valence-corrected chi connectivity index (χ1v) is 5.72. The highest BCUT2D eigenvalue weighted by atomic mass is 79.9. The number of benzene rings is 1. The third-order valence-corrected chi connectivity index (χ3v) is 3.12. The van der Waals surface area contributed by atoms with E-state index in [1.54, 1.807) is 0 Å². The summed E-state index contributed by atoms with van der Waals surface area (Å²) < 4.78 is 0.761. The van der Waals surface area contributed by atoms with Gasteiger partial charge >= 0.3 is 0 Å². The maximum atomic E-state index is 11.0. The third-order valence-electron chi connectivity index (χ3n) is 2.46. The van der Waals surface area contributed by atoms with E-state index in [0.717, 1.165) is 10.2 Å². The molecular weight excluding hydrogens is 270 g/mol. The maximum absolute atomic E-state index is 11.0. The van der Waals surface area contributed by atoms with Crippen molar-refractivity contribution in [2.24, 2.45) is 0 Å². The Kier molecular flexibility index (Phi) is 3.11. The van der Waals surface area contributed by atoms with Crippen LogP contribution < -0.4 is 10.6 Å². The van der Waals surface area contributed by atoms with Crippen LogP contribution in [-0.4, -0.2) is 18.5 Å². The van der Waals surface area contributed by atoms with Crippen LogP contribution in [0.4, 0.5) is 5.69 Å². The van der Waals surface area contributed by atoms with E-state index in [1.165, 1.54) is 0 Å². The number of rotatable bonds is 2. The average Bonchev–Trinajstić information content (AvgIpc) is 2.64. The fourth-order valence-electron chi connectivity index (χ4n) is 1.69. The first-order valence-electron chi connectivity index (χ1n) is 4.92. The predicted molar refractivity (Wildman–Crippen MR) is 63.9 cm³/mol. The highest BCUT2D eigenvalue weighted by molar-refractivity contribution is 9.10. The number of hydrogen-bond donors (Lipinski definition) is 2. The monoisotopic (exact) mass is 279 g/mol. The van der Waals surface area contributed by atoms with E-state index in [-0.39, 0.29) is 11.9 Å². The summed E-state index contributed by atoms with van der Waals surface area (Å²) in [6.45, 7) is 0.607. The second-order valence-electron chi connectivity index (χ2n) is 3.62. The SMILES string of the molecule is N#Cc1c(Br)cccc1NC1CNC(=O)C1. The largest absolute Gasteiger partial charge is 0.379 e. The molecule has 0 radical (unpaired) electrons. The van der Waals surface area contributed by atoms with Gasteiger partial charge in [-0.05, 0) is 28.1 Å². The van der Waals surface area contributed by atoms with Crippen LogP contribution in [0.2, 0.25) is 0 Å². The van der Waals surface area contributed by atoms with Crippen LogP contribution in [0, 0.1) is 11.3 Å². The molecule has 4 nitrogen and oxygen atoms in total. The van der Waals surface area contributed by atoms with Crippen molar-refractivity contribution in [3.8, 4) is 6.07 Å². The second kappa shape index (κ2) is 4.54. The molecule has 1 saturated heterocycles. The van der Waals surface area contributed by atoms with Gasteiger partial charge in [0.15, 0.2) is 0 Å². The molecule has 0 aliphatic carbocycles. The van der Waals surface area contributed by atoms with Gasteiger partial charge in [-0.15, -0.1) is 0 Å². The lowest BCUT2D eigenvalue weighted by Crippen LogP contribution is -2.22. The van der Waals surface area contributed by atoms with Crippen LogP contribution in [0.25, 0.3) is 0 Å². The summed E-state index contributed by atoms with van der Waals surface area (Å²) in [7, 11) is 0. The molecule has 2 N–H and O–H groups in total. The predicted octanol–water partition coefficient (Wildman–Crippen LogP) is 1.62.